The van der Waals surface area contributed by atoms with Crippen LogP contribution < -0.4 is 15.2 Å². The summed E-state index contributed by atoms with van der Waals surface area (Å²) >= 11 is 0. The second kappa shape index (κ2) is 6.86. The van der Waals surface area contributed by atoms with Gasteiger partial charge in [-0.15, -0.1) is 0 Å². The van der Waals surface area contributed by atoms with Crippen molar-refractivity contribution < 1.29 is 16.8 Å². The summed E-state index contributed by atoms with van der Waals surface area (Å²) in [6.45, 7) is 2.02. The summed E-state index contributed by atoms with van der Waals surface area (Å²) < 4.78 is 53.7. The van der Waals surface area contributed by atoms with E-state index < -0.39 is 20.0 Å². The highest BCUT2D eigenvalue weighted by atomic mass is 32.2. The molecule has 7 nitrogen and oxygen atoms in total. The Morgan fingerprint density at radius 2 is 1.87 bits per heavy atom. The number of nitrogens with one attached hydrogen (secondary N) is 2. The van der Waals surface area contributed by atoms with Gasteiger partial charge in [0.05, 0.1) is 9.79 Å². The van der Waals surface area contributed by atoms with E-state index in [4.69, 9.17) is 5.73 Å². The Balaban J connectivity index is 2.29. The van der Waals surface area contributed by atoms with Gasteiger partial charge in [-0.05, 0) is 63.0 Å². The molecule has 1 aromatic rings. The van der Waals surface area contributed by atoms with Gasteiger partial charge in [-0.1, -0.05) is 6.42 Å². The summed E-state index contributed by atoms with van der Waals surface area (Å²) in [5.74, 6) is 0.148. The molecule has 9 heteroatoms. The summed E-state index contributed by atoms with van der Waals surface area (Å²) in [4.78, 5) is 0.132. The lowest BCUT2D eigenvalue weighted by atomic mass is 10.1. The Labute approximate surface area is 137 Å². The lowest BCUT2D eigenvalue weighted by molar-refractivity contribution is 0.453. The molecule has 0 aromatic heterocycles. The van der Waals surface area contributed by atoms with Gasteiger partial charge in [0.2, 0.25) is 20.0 Å². The molecule has 1 fully saturated rings. The number of sulfonamides is 2. The Morgan fingerprint density at radius 1 is 1.17 bits per heavy atom. The minimum Gasteiger partial charge on any atom is -0.330 e. The molecule has 0 saturated heterocycles. The number of hydrogen-bond acceptors (Lipinski definition) is 5. The first-order chi connectivity index (χ1) is 10.7. The van der Waals surface area contributed by atoms with Crippen LogP contribution in [0.2, 0.25) is 0 Å². The van der Waals surface area contributed by atoms with Gasteiger partial charge in [-0.3, -0.25) is 0 Å². The predicted molar refractivity (Wildman–Crippen MR) is 87.9 cm³/mol. The van der Waals surface area contributed by atoms with E-state index in [2.05, 4.69) is 9.44 Å². The molecule has 0 aliphatic heterocycles. The van der Waals surface area contributed by atoms with Crippen molar-refractivity contribution in [3.05, 3.63) is 23.8 Å². The molecule has 0 radical (unpaired) electrons. The third-order valence-electron chi connectivity index (χ3n) is 4.28. The molecule has 130 valence electrons. The highest BCUT2D eigenvalue weighted by Crippen LogP contribution is 2.27. The first-order valence-electron chi connectivity index (χ1n) is 7.48. The van der Waals surface area contributed by atoms with Crippen LogP contribution in [-0.2, 0) is 20.0 Å². The van der Waals surface area contributed by atoms with Gasteiger partial charge >= 0.3 is 0 Å². The molecule has 0 heterocycles. The summed E-state index contributed by atoms with van der Waals surface area (Å²) in [6, 6.07) is 3.83. The molecule has 1 aliphatic carbocycles. The SMILES string of the molecule is CNS(=O)(=O)c1ccc(S(=O)(=O)NC2CCCC2CN)cc1C. The maximum atomic E-state index is 12.5. The first kappa shape index (κ1) is 18.3. The molecule has 23 heavy (non-hydrogen) atoms. The Hall–Kier alpha value is -1.00. The van der Waals surface area contributed by atoms with E-state index in [9.17, 15) is 16.8 Å². The monoisotopic (exact) mass is 361 g/mol. The van der Waals surface area contributed by atoms with Crippen molar-refractivity contribution in [1.29, 1.82) is 0 Å². The number of nitrogens with two attached hydrogens (primary N) is 1. The molecule has 1 aromatic carbocycles. The van der Waals surface area contributed by atoms with E-state index in [1.807, 2.05) is 0 Å². The van der Waals surface area contributed by atoms with Crippen molar-refractivity contribution in [2.75, 3.05) is 13.6 Å². The van der Waals surface area contributed by atoms with Crippen LogP contribution >= 0.6 is 0 Å². The zero-order valence-electron chi connectivity index (χ0n) is 13.2. The molecule has 2 atom stereocenters. The van der Waals surface area contributed by atoms with Gasteiger partial charge in [0, 0.05) is 6.04 Å². The van der Waals surface area contributed by atoms with Gasteiger partial charge in [0.15, 0.2) is 0 Å². The van der Waals surface area contributed by atoms with Gasteiger partial charge in [-0.25, -0.2) is 26.3 Å². The molecular weight excluding hydrogens is 338 g/mol. The fourth-order valence-electron chi connectivity index (χ4n) is 2.94. The minimum atomic E-state index is -3.70. The van der Waals surface area contributed by atoms with Crippen LogP contribution in [0.4, 0.5) is 0 Å². The summed E-state index contributed by atoms with van der Waals surface area (Å²) in [7, 11) is -5.99. The van der Waals surface area contributed by atoms with Gasteiger partial charge in [0.25, 0.3) is 0 Å². The third kappa shape index (κ3) is 3.92. The zero-order valence-corrected chi connectivity index (χ0v) is 14.9. The molecular formula is C14H23N3O4S2. The summed E-state index contributed by atoms with van der Waals surface area (Å²) in [5, 5.41) is 0. The highest BCUT2D eigenvalue weighted by molar-refractivity contribution is 7.90. The average Bonchev–Trinajstić information content (AvgIpc) is 2.93. The third-order valence-corrected chi connectivity index (χ3v) is 7.35. The predicted octanol–water partition coefficient (Wildman–Crippen LogP) is 0.309. The summed E-state index contributed by atoms with van der Waals surface area (Å²) in [6.07, 6.45) is 2.64. The number of benzene rings is 1. The van der Waals surface area contributed by atoms with Crippen LogP contribution in [0.25, 0.3) is 0 Å². The fourth-order valence-corrected chi connectivity index (χ4v) is 5.32. The normalized spacial score (nSPS) is 22.4. The number of hydrogen-bond donors (Lipinski definition) is 3. The van der Waals surface area contributed by atoms with Crippen LogP contribution in [-0.4, -0.2) is 36.5 Å². The topological polar surface area (TPSA) is 118 Å². The lowest BCUT2D eigenvalue weighted by Gasteiger charge is -2.19. The van der Waals surface area contributed by atoms with Crippen LogP contribution in [0, 0.1) is 12.8 Å². The molecule has 0 bridgehead atoms. The standard InChI is InChI=1S/C14H23N3O4S2/c1-10-8-12(6-7-14(10)23(20,21)16-2)22(18,19)17-13-5-3-4-11(13)9-15/h6-8,11,13,16-17H,3-5,9,15H2,1-2H3. The quantitative estimate of drug-likeness (QED) is 0.674. The van der Waals surface area contributed by atoms with Gasteiger partial charge < -0.3 is 5.73 Å². The molecule has 1 aliphatic rings. The van der Waals surface area contributed by atoms with Crippen molar-refractivity contribution in [3.8, 4) is 0 Å². The second-order valence-electron chi connectivity index (χ2n) is 5.79. The Kier molecular flexibility index (Phi) is 5.47. The van der Waals surface area contributed by atoms with Crippen LogP contribution in [0.1, 0.15) is 24.8 Å². The van der Waals surface area contributed by atoms with Gasteiger partial charge in [-0.2, -0.15) is 0 Å². The smallest absolute Gasteiger partial charge is 0.240 e. The number of aryl methyl sites for hydroxylation is 1. The lowest BCUT2D eigenvalue weighted by Crippen LogP contribution is -2.39. The van der Waals surface area contributed by atoms with E-state index in [-0.39, 0.29) is 21.8 Å². The highest BCUT2D eigenvalue weighted by Gasteiger charge is 2.30. The van der Waals surface area contributed by atoms with E-state index in [1.165, 1.54) is 25.2 Å². The van der Waals surface area contributed by atoms with Crippen LogP contribution in [0.3, 0.4) is 0 Å². The first-order valence-corrected chi connectivity index (χ1v) is 10.4. The minimum absolute atomic E-state index is 0.0627. The molecule has 2 unspecified atom stereocenters. The van der Waals surface area contributed by atoms with Crippen LogP contribution in [0.15, 0.2) is 28.0 Å². The molecule has 0 amide bonds. The van der Waals surface area contributed by atoms with Crippen molar-refractivity contribution in [2.24, 2.45) is 11.7 Å². The van der Waals surface area contributed by atoms with Gasteiger partial charge in [0.1, 0.15) is 0 Å². The number of rotatable bonds is 6. The zero-order chi connectivity index (χ0) is 17.3. The maximum Gasteiger partial charge on any atom is 0.240 e. The Morgan fingerprint density at radius 3 is 2.43 bits per heavy atom. The van der Waals surface area contributed by atoms with E-state index in [0.29, 0.717) is 12.1 Å². The van der Waals surface area contributed by atoms with Crippen molar-refractivity contribution >= 4 is 20.0 Å². The second-order valence-corrected chi connectivity index (χ2v) is 9.36. The van der Waals surface area contributed by atoms with E-state index in [1.54, 1.807) is 6.92 Å². The average molecular weight is 361 g/mol. The van der Waals surface area contributed by atoms with Crippen molar-refractivity contribution in [2.45, 2.75) is 42.0 Å². The largest absolute Gasteiger partial charge is 0.330 e. The van der Waals surface area contributed by atoms with Crippen molar-refractivity contribution in [1.82, 2.24) is 9.44 Å². The van der Waals surface area contributed by atoms with Crippen molar-refractivity contribution in [3.63, 3.8) is 0 Å². The maximum absolute atomic E-state index is 12.5. The van der Waals surface area contributed by atoms with Crippen LogP contribution in [0.5, 0.6) is 0 Å². The molecule has 0 spiro atoms. The molecule has 1 saturated carbocycles. The fraction of sp³-hybridized carbons (Fsp3) is 0.571. The van der Waals surface area contributed by atoms with E-state index in [0.717, 1.165) is 19.3 Å². The summed E-state index contributed by atoms with van der Waals surface area (Å²) in [5.41, 5.74) is 6.06. The molecule has 2 rings (SSSR count). The molecule has 4 N–H and O–H groups in total. The Bertz CT molecular complexity index is 775. The van der Waals surface area contributed by atoms with E-state index >= 15 is 0 Å².